The normalized spacial score (nSPS) is 16.3. The molecule has 1 aromatic rings. The van der Waals surface area contributed by atoms with Crippen LogP contribution in [0.2, 0.25) is 0 Å². The van der Waals surface area contributed by atoms with Crippen LogP contribution in [0.15, 0.2) is 17.0 Å². The molecule has 1 aliphatic rings. The van der Waals surface area contributed by atoms with Gasteiger partial charge in [0.25, 0.3) is 16.8 Å². The summed E-state index contributed by atoms with van der Waals surface area (Å²) in [6.07, 6.45) is 1.34. The van der Waals surface area contributed by atoms with Crippen molar-refractivity contribution in [3.63, 3.8) is 0 Å². The third-order valence-corrected chi connectivity index (χ3v) is 3.95. The first-order valence-corrected chi connectivity index (χ1v) is 7.58. The Bertz CT molecular complexity index is 715. The van der Waals surface area contributed by atoms with Gasteiger partial charge in [0.15, 0.2) is 0 Å². The summed E-state index contributed by atoms with van der Waals surface area (Å²) in [4.78, 5) is 35.1. The third-order valence-electron chi connectivity index (χ3n) is 3.04. The van der Waals surface area contributed by atoms with E-state index in [2.05, 4.69) is 0 Å². The van der Waals surface area contributed by atoms with Gasteiger partial charge in [0.05, 0.1) is 16.4 Å². The number of thioether (sulfide) groups is 1. The van der Waals surface area contributed by atoms with E-state index in [4.69, 9.17) is 4.74 Å². The average molecular weight is 337 g/mol. The fourth-order valence-electron chi connectivity index (χ4n) is 2.01. The van der Waals surface area contributed by atoms with Gasteiger partial charge in [-0.3, -0.25) is 24.6 Å². The van der Waals surface area contributed by atoms with Crippen LogP contribution in [0.5, 0.6) is 11.5 Å². The summed E-state index contributed by atoms with van der Waals surface area (Å²) in [6, 6.07) is 2.38. The number of ether oxygens (including phenoxy) is 1. The van der Waals surface area contributed by atoms with Crippen molar-refractivity contribution in [3.05, 3.63) is 32.7 Å². The molecular formula is C14H13N2O6S-. The number of hydrogen-bond acceptors (Lipinski definition) is 7. The molecule has 0 atom stereocenters. The van der Waals surface area contributed by atoms with E-state index < -0.39 is 27.5 Å². The van der Waals surface area contributed by atoms with Gasteiger partial charge >= 0.3 is 0 Å². The molecule has 0 saturated carbocycles. The van der Waals surface area contributed by atoms with Crippen molar-refractivity contribution in [2.24, 2.45) is 0 Å². The number of carbonyl (C=O) groups excluding carboxylic acids is 2. The lowest BCUT2D eigenvalue weighted by Crippen LogP contribution is -2.27. The Hall–Kier alpha value is -2.55. The van der Waals surface area contributed by atoms with E-state index in [0.717, 1.165) is 22.7 Å². The number of rotatable bonds is 5. The number of nitro groups is 1. The van der Waals surface area contributed by atoms with Gasteiger partial charge in [0, 0.05) is 18.4 Å². The molecule has 2 amide bonds. The minimum absolute atomic E-state index is 0.146. The van der Waals surface area contributed by atoms with E-state index in [0.29, 0.717) is 0 Å². The molecule has 9 heteroatoms. The average Bonchev–Trinajstić information content (AvgIpc) is 2.76. The second-order valence-corrected chi connectivity index (χ2v) is 5.48. The van der Waals surface area contributed by atoms with Crippen LogP contribution in [0.3, 0.4) is 0 Å². The summed E-state index contributed by atoms with van der Waals surface area (Å²) in [5, 5.41) is 22.5. The first-order chi connectivity index (χ1) is 10.9. The summed E-state index contributed by atoms with van der Waals surface area (Å²) in [6.45, 7) is 3.72. The Morgan fingerprint density at radius 1 is 1.35 bits per heavy atom. The number of imide groups is 1. The summed E-state index contributed by atoms with van der Waals surface area (Å²) in [7, 11) is 0. The molecule has 0 N–H and O–H groups in total. The fraction of sp³-hybridized carbons (Fsp3) is 0.286. The van der Waals surface area contributed by atoms with Crippen LogP contribution in [-0.2, 0) is 4.79 Å². The molecule has 23 heavy (non-hydrogen) atoms. The molecule has 0 spiro atoms. The van der Waals surface area contributed by atoms with Crippen molar-refractivity contribution in [2.45, 2.75) is 13.8 Å². The molecule has 0 bridgehead atoms. The molecule has 8 nitrogen and oxygen atoms in total. The van der Waals surface area contributed by atoms with Crippen molar-refractivity contribution >= 4 is 34.7 Å². The third kappa shape index (κ3) is 3.29. The summed E-state index contributed by atoms with van der Waals surface area (Å²) in [5.41, 5.74) is -0.390. The van der Waals surface area contributed by atoms with Crippen molar-refractivity contribution in [2.75, 3.05) is 13.2 Å². The predicted octanol–water partition coefficient (Wildman–Crippen LogP) is 2.12. The van der Waals surface area contributed by atoms with Gasteiger partial charge in [-0.15, -0.1) is 0 Å². The quantitative estimate of drug-likeness (QED) is 0.459. The van der Waals surface area contributed by atoms with Crippen LogP contribution in [0.4, 0.5) is 10.5 Å². The standard InChI is InChI=1S/C14H14N2O6S/c1-3-15-13(18)11(23-14(15)19)7-8-5-9(16(20)21)12(17)10(6-8)22-4-2/h5-7,17H,3-4H2,1-2H3/p-1/b11-7+. The van der Waals surface area contributed by atoms with E-state index >= 15 is 0 Å². The molecule has 1 heterocycles. The zero-order valence-electron chi connectivity index (χ0n) is 12.4. The van der Waals surface area contributed by atoms with Crippen LogP contribution in [0.1, 0.15) is 19.4 Å². The topological polar surface area (TPSA) is 113 Å². The lowest BCUT2D eigenvalue weighted by atomic mass is 10.1. The number of carbonyl (C=O) groups is 2. The van der Waals surface area contributed by atoms with Gasteiger partial charge in [-0.25, -0.2) is 0 Å². The Balaban J connectivity index is 2.48. The van der Waals surface area contributed by atoms with Crippen molar-refractivity contribution in [1.29, 1.82) is 0 Å². The van der Waals surface area contributed by atoms with Gasteiger partial charge in [0.2, 0.25) is 0 Å². The number of nitrogens with zero attached hydrogens (tertiary/aromatic N) is 2. The molecular weight excluding hydrogens is 324 g/mol. The first kappa shape index (κ1) is 16.8. The number of likely N-dealkylation sites (N-methyl/N-ethyl adjacent to an activating group) is 1. The van der Waals surface area contributed by atoms with E-state index in [1.54, 1.807) is 13.8 Å². The molecule has 2 rings (SSSR count). The number of nitro benzene ring substituents is 1. The van der Waals surface area contributed by atoms with Gasteiger partial charge in [-0.2, -0.15) is 0 Å². The highest BCUT2D eigenvalue weighted by Gasteiger charge is 2.33. The zero-order chi connectivity index (χ0) is 17.1. The maximum absolute atomic E-state index is 12.0. The lowest BCUT2D eigenvalue weighted by molar-refractivity contribution is -0.398. The lowest BCUT2D eigenvalue weighted by Gasteiger charge is -2.14. The highest BCUT2D eigenvalue weighted by molar-refractivity contribution is 8.18. The van der Waals surface area contributed by atoms with E-state index in [9.17, 15) is 24.8 Å². The Morgan fingerprint density at radius 2 is 2.04 bits per heavy atom. The van der Waals surface area contributed by atoms with Crippen molar-refractivity contribution < 1.29 is 24.4 Å². The second kappa shape index (κ2) is 6.69. The van der Waals surface area contributed by atoms with Gasteiger partial charge in [-0.05, 0) is 43.3 Å². The number of amides is 2. The van der Waals surface area contributed by atoms with Crippen molar-refractivity contribution in [3.8, 4) is 11.5 Å². The Kier molecular flexibility index (Phi) is 4.89. The second-order valence-electron chi connectivity index (χ2n) is 4.48. The van der Waals surface area contributed by atoms with Gasteiger partial charge < -0.3 is 9.84 Å². The van der Waals surface area contributed by atoms with Crippen LogP contribution in [-0.4, -0.2) is 34.1 Å². The minimum Gasteiger partial charge on any atom is -0.865 e. The molecule has 0 radical (unpaired) electrons. The van der Waals surface area contributed by atoms with Crippen LogP contribution in [0.25, 0.3) is 6.08 Å². The van der Waals surface area contributed by atoms with E-state index in [1.807, 2.05) is 0 Å². The molecule has 1 aliphatic heterocycles. The monoisotopic (exact) mass is 337 g/mol. The molecule has 1 fully saturated rings. The smallest absolute Gasteiger partial charge is 0.293 e. The highest BCUT2D eigenvalue weighted by Crippen LogP contribution is 2.37. The van der Waals surface area contributed by atoms with Crippen LogP contribution in [0, 0.1) is 10.1 Å². The maximum atomic E-state index is 12.0. The summed E-state index contributed by atoms with van der Waals surface area (Å²) in [5.74, 6) is -1.45. The first-order valence-electron chi connectivity index (χ1n) is 6.76. The molecule has 1 aromatic carbocycles. The Morgan fingerprint density at radius 3 is 2.57 bits per heavy atom. The van der Waals surface area contributed by atoms with Gasteiger partial charge in [0.1, 0.15) is 5.75 Å². The SMILES string of the molecule is CCOc1cc(/C=C2/SC(=O)N(CC)C2=O)cc([N+](=O)[O-])c1[O-]. The Labute approximate surface area is 135 Å². The molecule has 0 aromatic heterocycles. The number of hydrogen-bond donors (Lipinski definition) is 0. The van der Waals surface area contributed by atoms with Crippen LogP contribution < -0.4 is 9.84 Å². The van der Waals surface area contributed by atoms with Crippen molar-refractivity contribution in [1.82, 2.24) is 4.90 Å². The fourth-order valence-corrected chi connectivity index (χ4v) is 2.92. The van der Waals surface area contributed by atoms with E-state index in [1.165, 1.54) is 12.1 Å². The predicted molar refractivity (Wildman–Crippen MR) is 82.1 cm³/mol. The number of benzene rings is 1. The summed E-state index contributed by atoms with van der Waals surface area (Å²) >= 11 is 0.749. The van der Waals surface area contributed by atoms with Crippen LogP contribution >= 0.6 is 11.8 Å². The maximum Gasteiger partial charge on any atom is 0.293 e. The molecule has 0 aliphatic carbocycles. The highest BCUT2D eigenvalue weighted by atomic mass is 32.2. The molecule has 1 saturated heterocycles. The van der Waals surface area contributed by atoms with E-state index in [-0.39, 0.29) is 29.4 Å². The molecule has 122 valence electrons. The molecule has 0 unspecified atom stereocenters. The largest absolute Gasteiger partial charge is 0.865 e. The van der Waals surface area contributed by atoms with Gasteiger partial charge in [-0.1, -0.05) is 0 Å². The zero-order valence-corrected chi connectivity index (χ0v) is 13.2. The summed E-state index contributed by atoms with van der Waals surface area (Å²) < 4.78 is 5.11. The minimum atomic E-state index is -0.823.